The number of alkyl carbamates (subject to hydrolysis) is 1. The van der Waals surface area contributed by atoms with Crippen molar-refractivity contribution in [2.24, 2.45) is 0 Å². The van der Waals surface area contributed by atoms with E-state index in [1.165, 1.54) is 24.7 Å². The van der Waals surface area contributed by atoms with Gasteiger partial charge < -0.3 is 19.5 Å². The van der Waals surface area contributed by atoms with E-state index in [0.29, 0.717) is 5.06 Å². The van der Waals surface area contributed by atoms with Crippen molar-refractivity contribution in [2.45, 2.75) is 18.5 Å². The van der Waals surface area contributed by atoms with Crippen LogP contribution in [0.3, 0.4) is 0 Å². The Kier molecular flexibility index (Phi) is 6.12. The monoisotopic (exact) mass is 522 g/mol. The lowest BCUT2D eigenvalue weighted by Crippen LogP contribution is -2.47. The Labute approximate surface area is 222 Å². The van der Waals surface area contributed by atoms with E-state index in [-0.39, 0.29) is 30.2 Å². The molecule has 0 spiro atoms. The molecule has 6 rings (SSSR count). The van der Waals surface area contributed by atoms with Crippen LogP contribution in [0.15, 0.2) is 91.5 Å². The van der Waals surface area contributed by atoms with Gasteiger partial charge in [0.15, 0.2) is 6.04 Å². The molecule has 0 saturated carbocycles. The predicted octanol–water partition coefficient (Wildman–Crippen LogP) is 3.54. The number of hydrogen-bond donors (Lipinski definition) is 1. The fraction of sp³-hybridized carbons (Fsp3) is 0.138. The minimum atomic E-state index is -1.28. The molecular formula is C29H22N4O6. The molecule has 1 aromatic heterocycles. The van der Waals surface area contributed by atoms with E-state index in [1.54, 1.807) is 22.9 Å². The average molecular weight is 523 g/mol. The molecule has 2 heterocycles. The van der Waals surface area contributed by atoms with Gasteiger partial charge in [-0.25, -0.2) is 14.6 Å². The summed E-state index contributed by atoms with van der Waals surface area (Å²) in [6.45, 7) is -0.0166. The summed E-state index contributed by atoms with van der Waals surface area (Å²) in [6.07, 6.45) is 3.73. The molecule has 194 valence electrons. The Morgan fingerprint density at radius 3 is 1.97 bits per heavy atom. The molecule has 0 bridgehead atoms. The zero-order valence-electron chi connectivity index (χ0n) is 20.5. The lowest BCUT2D eigenvalue weighted by molar-refractivity contribution is -0.171. The first-order valence-electron chi connectivity index (χ1n) is 12.3. The molecule has 3 amide bonds. The largest absolute Gasteiger partial charge is 0.449 e. The standard InChI is InChI=1S/C29H22N4O6/c34-26-22-11-5-6-12-23(22)27(35)33(26)39-28(36)25(15-32-14-13-30-17-32)31-29(37)38-16-24-20-9-3-1-7-18(20)19-8-2-4-10-21(19)24/h1-14,17,24-25H,15-16H2,(H,31,37). The SMILES string of the molecule is O=C(NC(Cn1ccnc1)C(=O)ON1C(=O)c2ccccc2C1=O)OCC1c2ccccc2-c2ccccc21. The van der Waals surface area contributed by atoms with E-state index < -0.39 is 29.9 Å². The summed E-state index contributed by atoms with van der Waals surface area (Å²) >= 11 is 0. The van der Waals surface area contributed by atoms with Crippen LogP contribution in [0.4, 0.5) is 4.79 Å². The normalized spacial score (nSPS) is 14.4. The lowest BCUT2D eigenvalue weighted by Gasteiger charge is -2.21. The van der Waals surface area contributed by atoms with Crippen molar-refractivity contribution in [3.63, 3.8) is 0 Å². The lowest BCUT2D eigenvalue weighted by atomic mass is 9.98. The Bertz CT molecular complexity index is 1520. The smallest absolute Gasteiger partial charge is 0.407 e. The van der Waals surface area contributed by atoms with E-state index in [4.69, 9.17) is 9.57 Å². The van der Waals surface area contributed by atoms with Gasteiger partial charge in [0, 0.05) is 18.3 Å². The topological polar surface area (TPSA) is 120 Å². The average Bonchev–Trinajstić information content (AvgIpc) is 3.65. The molecular weight excluding hydrogens is 500 g/mol. The molecule has 39 heavy (non-hydrogen) atoms. The van der Waals surface area contributed by atoms with Crippen LogP contribution in [0, 0.1) is 0 Å². The number of carbonyl (C=O) groups is 4. The third-order valence-corrected chi connectivity index (χ3v) is 6.81. The first-order chi connectivity index (χ1) is 19.0. The number of hydroxylamine groups is 2. The highest BCUT2D eigenvalue weighted by molar-refractivity contribution is 6.20. The van der Waals surface area contributed by atoms with Crippen LogP contribution in [-0.4, -0.2) is 51.1 Å². The van der Waals surface area contributed by atoms with Gasteiger partial charge in [-0.2, -0.15) is 0 Å². The van der Waals surface area contributed by atoms with Crippen molar-refractivity contribution < 1.29 is 28.8 Å². The molecule has 10 heteroatoms. The van der Waals surface area contributed by atoms with E-state index in [0.717, 1.165) is 22.3 Å². The van der Waals surface area contributed by atoms with Gasteiger partial charge in [0.05, 0.1) is 24.0 Å². The Balaban J connectivity index is 1.16. The number of hydrogen-bond acceptors (Lipinski definition) is 7. The van der Waals surface area contributed by atoms with E-state index >= 15 is 0 Å². The first-order valence-corrected chi connectivity index (χ1v) is 12.3. The maximum absolute atomic E-state index is 13.1. The van der Waals surface area contributed by atoms with Gasteiger partial charge in [-0.1, -0.05) is 65.7 Å². The van der Waals surface area contributed by atoms with Crippen molar-refractivity contribution >= 4 is 23.9 Å². The summed E-state index contributed by atoms with van der Waals surface area (Å²) in [6, 6.07) is 20.8. The zero-order chi connectivity index (χ0) is 26.9. The number of aromatic nitrogens is 2. The maximum atomic E-state index is 13.1. The minimum Gasteiger partial charge on any atom is -0.449 e. The quantitative estimate of drug-likeness (QED) is 0.369. The van der Waals surface area contributed by atoms with Gasteiger partial charge in [0.2, 0.25) is 0 Å². The van der Waals surface area contributed by atoms with Gasteiger partial charge in [-0.05, 0) is 34.4 Å². The number of imidazole rings is 1. The Hall–Kier alpha value is -5.25. The Morgan fingerprint density at radius 1 is 0.846 bits per heavy atom. The van der Waals surface area contributed by atoms with Crippen LogP contribution in [0.5, 0.6) is 0 Å². The van der Waals surface area contributed by atoms with Gasteiger partial charge in [0.1, 0.15) is 6.61 Å². The second-order valence-corrected chi connectivity index (χ2v) is 9.14. The van der Waals surface area contributed by atoms with Crippen LogP contribution in [0.25, 0.3) is 11.1 Å². The molecule has 0 saturated heterocycles. The number of carbonyl (C=O) groups excluding carboxylic acids is 4. The summed E-state index contributed by atoms with van der Waals surface area (Å²) in [7, 11) is 0. The first kappa shape index (κ1) is 24.1. The van der Waals surface area contributed by atoms with Gasteiger partial charge in [0.25, 0.3) is 11.8 Å². The number of rotatable bonds is 7. The van der Waals surface area contributed by atoms with Crippen LogP contribution in [-0.2, 0) is 20.9 Å². The van der Waals surface area contributed by atoms with Crippen LogP contribution in [0.2, 0.25) is 0 Å². The molecule has 1 unspecified atom stereocenters. The number of fused-ring (bicyclic) bond motifs is 4. The second kappa shape index (κ2) is 9.90. The van der Waals surface area contributed by atoms with Gasteiger partial charge >= 0.3 is 12.1 Å². The summed E-state index contributed by atoms with van der Waals surface area (Å²) < 4.78 is 7.13. The number of ether oxygens (including phenoxy) is 1. The molecule has 1 N–H and O–H groups in total. The molecule has 1 aliphatic carbocycles. The molecule has 1 atom stereocenters. The minimum absolute atomic E-state index is 0.0467. The van der Waals surface area contributed by atoms with Gasteiger partial charge in [-0.3, -0.25) is 9.59 Å². The molecule has 10 nitrogen and oxygen atoms in total. The van der Waals surface area contributed by atoms with Crippen LogP contribution >= 0.6 is 0 Å². The maximum Gasteiger partial charge on any atom is 0.407 e. The number of nitrogens with one attached hydrogen (secondary N) is 1. The van der Waals surface area contributed by atoms with E-state index in [2.05, 4.69) is 10.3 Å². The molecule has 0 radical (unpaired) electrons. The highest BCUT2D eigenvalue weighted by atomic mass is 16.7. The predicted molar refractivity (Wildman–Crippen MR) is 137 cm³/mol. The molecule has 1 aliphatic heterocycles. The van der Waals surface area contributed by atoms with Crippen LogP contribution < -0.4 is 5.32 Å². The van der Waals surface area contributed by atoms with Crippen molar-refractivity contribution in [1.29, 1.82) is 0 Å². The van der Waals surface area contributed by atoms with E-state index in [1.807, 2.05) is 48.5 Å². The molecule has 3 aromatic carbocycles. The number of nitrogens with zero attached hydrogens (tertiary/aromatic N) is 3. The van der Waals surface area contributed by atoms with Crippen molar-refractivity contribution in [3.8, 4) is 11.1 Å². The fourth-order valence-electron chi connectivity index (χ4n) is 4.97. The fourth-order valence-corrected chi connectivity index (χ4v) is 4.97. The van der Waals surface area contributed by atoms with Crippen molar-refractivity contribution in [3.05, 3.63) is 114 Å². The summed E-state index contributed by atoms with van der Waals surface area (Å²) in [4.78, 5) is 60.5. The number of imide groups is 1. The van der Waals surface area contributed by atoms with Crippen LogP contribution in [0.1, 0.15) is 37.8 Å². The van der Waals surface area contributed by atoms with E-state index in [9.17, 15) is 19.2 Å². The third-order valence-electron chi connectivity index (χ3n) is 6.81. The number of amides is 3. The van der Waals surface area contributed by atoms with Crippen molar-refractivity contribution in [1.82, 2.24) is 19.9 Å². The molecule has 4 aromatic rings. The second-order valence-electron chi connectivity index (χ2n) is 9.14. The molecule has 2 aliphatic rings. The highest BCUT2D eigenvalue weighted by Gasteiger charge is 2.40. The summed E-state index contributed by atoms with van der Waals surface area (Å²) in [5.41, 5.74) is 4.53. The summed E-state index contributed by atoms with van der Waals surface area (Å²) in [5.74, 6) is -2.69. The summed E-state index contributed by atoms with van der Waals surface area (Å²) in [5, 5.41) is 2.93. The van der Waals surface area contributed by atoms with Gasteiger partial charge in [-0.15, -0.1) is 0 Å². The highest BCUT2D eigenvalue weighted by Crippen LogP contribution is 2.44. The molecule has 0 fully saturated rings. The third kappa shape index (κ3) is 4.42. The van der Waals surface area contributed by atoms with Crippen molar-refractivity contribution in [2.75, 3.05) is 6.61 Å². The zero-order valence-corrected chi connectivity index (χ0v) is 20.5. The Morgan fingerprint density at radius 2 is 1.41 bits per heavy atom. The number of benzene rings is 3.